The first-order valence-corrected chi connectivity index (χ1v) is 14.9. The van der Waals surface area contributed by atoms with Gasteiger partial charge in [0, 0.05) is 74.0 Å². The van der Waals surface area contributed by atoms with Gasteiger partial charge >= 0.3 is 11.7 Å². The van der Waals surface area contributed by atoms with Gasteiger partial charge in [-0.25, -0.2) is 9.59 Å². The maximum Gasteiger partial charge on any atom is 0.420 e. The molecule has 0 aliphatic carbocycles. The topological polar surface area (TPSA) is 134 Å². The number of aromatic carboxylic acids is 1. The maximum atomic E-state index is 12.7. The van der Waals surface area contributed by atoms with Gasteiger partial charge in [0.2, 0.25) is 5.91 Å². The number of benzene rings is 2. The van der Waals surface area contributed by atoms with E-state index in [1.165, 1.54) is 12.1 Å². The summed E-state index contributed by atoms with van der Waals surface area (Å²) in [5, 5.41) is 26.0. The third kappa shape index (κ3) is 5.72. The number of aliphatic hydroxyl groups excluding tert-OH is 1. The fraction of sp³-hybridized carbons (Fsp3) is 0.419. The van der Waals surface area contributed by atoms with Crippen LogP contribution in [0.25, 0.3) is 22.4 Å². The van der Waals surface area contributed by atoms with Crippen LogP contribution in [0.2, 0.25) is 5.02 Å². The van der Waals surface area contributed by atoms with Gasteiger partial charge in [0.15, 0.2) is 5.58 Å². The molecule has 1 amide bonds. The van der Waals surface area contributed by atoms with E-state index in [1.807, 2.05) is 34.7 Å². The lowest BCUT2D eigenvalue weighted by Crippen LogP contribution is -2.42. The van der Waals surface area contributed by atoms with Gasteiger partial charge in [-0.3, -0.25) is 14.0 Å². The molecule has 0 saturated carbocycles. The Balaban J connectivity index is 1.15. The van der Waals surface area contributed by atoms with Crippen LogP contribution in [-0.2, 0) is 24.3 Å². The second kappa shape index (κ2) is 11.6. The molecular formula is C31H34ClN5O6. The predicted octanol–water partition coefficient (Wildman–Crippen LogP) is 3.72. The van der Waals surface area contributed by atoms with Crippen LogP contribution in [0.5, 0.6) is 0 Å². The number of carbonyl (C=O) groups is 2. The summed E-state index contributed by atoms with van der Waals surface area (Å²) in [6, 6.07) is 10.2. The number of carboxylic acid groups (broad SMARTS) is 1. The third-order valence-corrected chi connectivity index (χ3v) is 9.07. The molecule has 11 nitrogen and oxygen atoms in total. The molecule has 0 radical (unpaired) electrons. The molecule has 0 bridgehead atoms. The van der Waals surface area contributed by atoms with Crippen LogP contribution >= 0.6 is 11.6 Å². The van der Waals surface area contributed by atoms with E-state index in [1.54, 1.807) is 17.6 Å². The summed E-state index contributed by atoms with van der Waals surface area (Å²) in [7, 11) is 0. The number of halogens is 1. The minimum Gasteiger partial charge on any atom is -0.478 e. The Morgan fingerprint density at radius 2 is 1.88 bits per heavy atom. The summed E-state index contributed by atoms with van der Waals surface area (Å²) in [4.78, 5) is 40.1. The summed E-state index contributed by atoms with van der Waals surface area (Å²) in [5.74, 6) is -1.54. The van der Waals surface area contributed by atoms with Crippen LogP contribution in [0.1, 0.15) is 53.0 Å². The zero-order valence-electron chi connectivity index (χ0n) is 24.1. The van der Waals surface area contributed by atoms with Crippen molar-refractivity contribution in [2.75, 3.05) is 26.2 Å². The number of piperidine rings is 1. The number of aryl methyl sites for hydroxylation is 1. The first-order chi connectivity index (χ1) is 20.6. The zero-order chi connectivity index (χ0) is 30.4. The van der Waals surface area contributed by atoms with E-state index in [0.29, 0.717) is 69.1 Å². The summed E-state index contributed by atoms with van der Waals surface area (Å²) in [6.45, 7) is 6.77. The van der Waals surface area contributed by atoms with Crippen molar-refractivity contribution in [3.8, 4) is 11.3 Å². The van der Waals surface area contributed by atoms with Gasteiger partial charge in [0.05, 0.1) is 29.4 Å². The van der Waals surface area contributed by atoms with Crippen LogP contribution < -0.4 is 5.76 Å². The van der Waals surface area contributed by atoms with Crippen LogP contribution in [0.3, 0.4) is 0 Å². The van der Waals surface area contributed by atoms with Gasteiger partial charge in [-0.05, 0) is 55.7 Å². The highest BCUT2D eigenvalue weighted by molar-refractivity contribution is 6.31. The number of β-amino-alcohol motifs (C(OH)–C–C–N with tert-alkyl or cyclic N) is 1. The van der Waals surface area contributed by atoms with Crippen molar-refractivity contribution >= 4 is 34.6 Å². The molecule has 1 atom stereocenters. The summed E-state index contributed by atoms with van der Waals surface area (Å²) in [5.41, 5.74) is 5.65. The quantitative estimate of drug-likeness (QED) is 0.325. The molecule has 1 saturated heterocycles. The number of hydrogen-bond donors (Lipinski definition) is 2. The smallest absolute Gasteiger partial charge is 0.420 e. The number of nitrogens with zero attached hydrogens (tertiary/aromatic N) is 5. The van der Waals surface area contributed by atoms with Gasteiger partial charge in [-0.1, -0.05) is 17.7 Å². The van der Waals surface area contributed by atoms with Gasteiger partial charge < -0.3 is 24.4 Å². The van der Waals surface area contributed by atoms with E-state index in [-0.39, 0.29) is 23.1 Å². The van der Waals surface area contributed by atoms with E-state index in [4.69, 9.17) is 21.1 Å². The standard InChI is InChI=1S/C31H34ClN5O6/c1-18-13-20(3-5-25(18)32)29-24-17-35(19(2)38)12-9-26(24)36(33-29)16-23(39)15-34-10-7-22(8-11-34)37-27-6-4-21(30(40)41)14-28(27)43-31(37)42/h3-6,13-14,22-23,39H,7-12,15-17H2,1-2H3,(H,40,41). The van der Waals surface area contributed by atoms with Gasteiger partial charge in [-0.2, -0.15) is 5.10 Å². The molecule has 226 valence electrons. The first kappa shape index (κ1) is 29.2. The van der Waals surface area contributed by atoms with E-state index in [9.17, 15) is 24.6 Å². The second-order valence-corrected chi connectivity index (χ2v) is 11.9. The molecule has 43 heavy (non-hydrogen) atoms. The molecule has 2 N–H and O–H groups in total. The van der Waals surface area contributed by atoms with Crippen molar-refractivity contribution in [1.82, 2.24) is 24.1 Å². The summed E-state index contributed by atoms with van der Waals surface area (Å²) < 4.78 is 8.88. The Morgan fingerprint density at radius 3 is 2.58 bits per heavy atom. The Morgan fingerprint density at radius 1 is 1.12 bits per heavy atom. The normalized spacial score (nSPS) is 16.9. The van der Waals surface area contributed by atoms with Gasteiger partial charge in [-0.15, -0.1) is 0 Å². The Hall–Kier alpha value is -3.93. The number of rotatable bonds is 7. The monoisotopic (exact) mass is 607 g/mol. The van der Waals surface area contributed by atoms with Crippen LogP contribution in [0.15, 0.2) is 45.6 Å². The third-order valence-electron chi connectivity index (χ3n) is 8.65. The van der Waals surface area contributed by atoms with Crippen molar-refractivity contribution in [1.29, 1.82) is 0 Å². The van der Waals surface area contributed by atoms with Crippen LogP contribution in [-0.4, -0.2) is 78.5 Å². The highest BCUT2D eigenvalue weighted by atomic mass is 35.5. The van der Waals surface area contributed by atoms with Crippen molar-refractivity contribution in [2.45, 2.75) is 58.3 Å². The Labute approximate surface area is 252 Å². The zero-order valence-corrected chi connectivity index (χ0v) is 24.9. The van der Waals surface area contributed by atoms with E-state index >= 15 is 0 Å². The maximum absolute atomic E-state index is 12.7. The predicted molar refractivity (Wildman–Crippen MR) is 160 cm³/mol. The molecular weight excluding hydrogens is 574 g/mol. The second-order valence-electron chi connectivity index (χ2n) is 11.5. The lowest BCUT2D eigenvalue weighted by atomic mass is 9.99. The molecule has 1 fully saturated rings. The molecule has 4 heterocycles. The highest BCUT2D eigenvalue weighted by Crippen LogP contribution is 2.33. The molecule has 2 aromatic heterocycles. The van der Waals surface area contributed by atoms with Crippen molar-refractivity contribution in [3.63, 3.8) is 0 Å². The molecule has 12 heteroatoms. The minimum atomic E-state index is -1.07. The van der Waals surface area contributed by atoms with E-state index < -0.39 is 17.8 Å². The van der Waals surface area contributed by atoms with Gasteiger partial charge in [0.1, 0.15) is 0 Å². The molecule has 6 rings (SSSR count). The van der Waals surface area contributed by atoms with Crippen molar-refractivity contribution < 1.29 is 24.2 Å². The molecule has 2 aliphatic heterocycles. The summed E-state index contributed by atoms with van der Waals surface area (Å²) in [6.07, 6.45) is 1.38. The van der Waals surface area contributed by atoms with E-state index in [0.717, 1.165) is 28.1 Å². The number of fused-ring (bicyclic) bond motifs is 2. The molecule has 0 spiro atoms. The van der Waals surface area contributed by atoms with E-state index in [2.05, 4.69) is 4.90 Å². The number of carbonyl (C=O) groups excluding carboxylic acids is 1. The van der Waals surface area contributed by atoms with Gasteiger partial charge in [0.25, 0.3) is 0 Å². The Bertz CT molecular complexity index is 1770. The van der Waals surface area contributed by atoms with Crippen LogP contribution in [0.4, 0.5) is 0 Å². The average molecular weight is 608 g/mol. The average Bonchev–Trinajstić information content (AvgIpc) is 3.50. The lowest BCUT2D eigenvalue weighted by molar-refractivity contribution is -0.129. The lowest BCUT2D eigenvalue weighted by Gasteiger charge is -2.33. The molecule has 1 unspecified atom stereocenters. The number of likely N-dealkylation sites (tertiary alicyclic amines) is 1. The largest absolute Gasteiger partial charge is 0.478 e. The number of oxazole rings is 1. The number of amides is 1. The number of aliphatic hydroxyl groups is 1. The van der Waals surface area contributed by atoms with Crippen LogP contribution in [0, 0.1) is 6.92 Å². The highest BCUT2D eigenvalue weighted by Gasteiger charge is 2.29. The SMILES string of the molecule is CC(=O)N1CCc2c(c(-c3ccc(Cl)c(C)c3)nn2CC(O)CN2CCC(n3c(=O)oc4cc(C(=O)O)ccc43)CC2)C1. The number of hydrogen-bond acceptors (Lipinski definition) is 7. The minimum absolute atomic E-state index is 0.0239. The fourth-order valence-corrected chi connectivity index (χ4v) is 6.48. The summed E-state index contributed by atoms with van der Waals surface area (Å²) >= 11 is 6.27. The number of aromatic nitrogens is 3. The molecule has 2 aromatic carbocycles. The number of carboxylic acids is 1. The molecule has 2 aliphatic rings. The fourth-order valence-electron chi connectivity index (χ4n) is 6.37. The first-order valence-electron chi connectivity index (χ1n) is 14.5. The molecule has 4 aromatic rings. The Kier molecular flexibility index (Phi) is 7.89. The van der Waals surface area contributed by atoms with Crippen molar-refractivity contribution in [2.24, 2.45) is 0 Å². The van der Waals surface area contributed by atoms with Crippen molar-refractivity contribution in [3.05, 3.63) is 74.4 Å².